The Bertz CT molecular complexity index is 724. The molecule has 2 heterocycles. The van der Waals surface area contributed by atoms with E-state index in [0.29, 0.717) is 6.04 Å². The molecule has 0 unspecified atom stereocenters. The smallest absolute Gasteiger partial charge is 0.0458 e. The highest BCUT2D eigenvalue weighted by Gasteiger charge is 2.38. The number of nitrogens with one attached hydrogen (secondary N) is 1. The van der Waals surface area contributed by atoms with E-state index in [-0.39, 0.29) is 0 Å². The van der Waals surface area contributed by atoms with Crippen LogP contribution in [0.5, 0.6) is 0 Å². The van der Waals surface area contributed by atoms with Gasteiger partial charge in [0.1, 0.15) is 0 Å². The lowest BCUT2D eigenvalue weighted by Gasteiger charge is -2.45. The van der Waals surface area contributed by atoms with Crippen LogP contribution in [-0.2, 0) is 12.8 Å². The van der Waals surface area contributed by atoms with Crippen molar-refractivity contribution in [2.45, 2.75) is 39.2 Å². The number of piperidine rings is 1. The molecule has 0 radical (unpaired) electrons. The molecule has 1 aliphatic heterocycles. The summed E-state index contributed by atoms with van der Waals surface area (Å²) in [4.78, 5) is 6.27. The minimum atomic E-state index is 0.659. The summed E-state index contributed by atoms with van der Waals surface area (Å²) in [6, 6.07) is 9.47. The fourth-order valence-electron chi connectivity index (χ4n) is 4.84. The zero-order chi connectivity index (χ0) is 15.3. The van der Waals surface area contributed by atoms with Crippen molar-refractivity contribution in [3.05, 3.63) is 47.2 Å². The van der Waals surface area contributed by atoms with Gasteiger partial charge in [-0.1, -0.05) is 36.8 Å². The number of fused-ring (bicyclic) bond motifs is 5. The van der Waals surface area contributed by atoms with Gasteiger partial charge in [0, 0.05) is 29.2 Å². The van der Waals surface area contributed by atoms with Gasteiger partial charge in [-0.15, -0.1) is 0 Å². The number of para-hydroxylation sites is 1. The van der Waals surface area contributed by atoms with Gasteiger partial charge in [-0.05, 0) is 56.7 Å². The van der Waals surface area contributed by atoms with Gasteiger partial charge in [-0.25, -0.2) is 0 Å². The predicted molar refractivity (Wildman–Crippen MR) is 93.2 cm³/mol. The van der Waals surface area contributed by atoms with Crippen LogP contribution in [0.1, 0.15) is 31.5 Å². The van der Waals surface area contributed by atoms with Crippen molar-refractivity contribution in [2.24, 2.45) is 11.8 Å². The summed E-state index contributed by atoms with van der Waals surface area (Å²) in [5.74, 6) is 1.50. The van der Waals surface area contributed by atoms with E-state index in [0.717, 1.165) is 18.4 Å². The molecule has 0 amide bonds. The molecule has 3 atom stereocenters. The molecule has 1 saturated heterocycles. The van der Waals surface area contributed by atoms with Crippen LogP contribution in [0.15, 0.2) is 35.9 Å². The van der Waals surface area contributed by atoms with Gasteiger partial charge in [-0.3, -0.25) is 4.90 Å². The molecule has 2 aromatic rings. The molecule has 2 aliphatic rings. The summed E-state index contributed by atoms with van der Waals surface area (Å²) >= 11 is 0. The van der Waals surface area contributed by atoms with Gasteiger partial charge in [0.25, 0.3) is 0 Å². The third-order valence-corrected chi connectivity index (χ3v) is 6.11. The van der Waals surface area contributed by atoms with Crippen LogP contribution in [0.25, 0.3) is 10.9 Å². The molecule has 4 rings (SSSR count). The monoisotopic (exact) mass is 294 g/mol. The van der Waals surface area contributed by atoms with Crippen molar-refractivity contribution in [2.75, 3.05) is 13.6 Å². The number of likely N-dealkylation sites (tertiary alicyclic amines) is 1. The Morgan fingerprint density at radius 3 is 2.91 bits per heavy atom. The Morgan fingerprint density at radius 1 is 1.27 bits per heavy atom. The van der Waals surface area contributed by atoms with Crippen molar-refractivity contribution in [3.8, 4) is 0 Å². The zero-order valence-electron chi connectivity index (χ0n) is 13.9. The molecule has 1 aliphatic carbocycles. The molecular formula is C20H26N2. The maximum absolute atomic E-state index is 3.70. The second-order valence-electron chi connectivity index (χ2n) is 7.18. The SMILES string of the molecule is C/C=C1/CN(C)[C@@H]2Cc3c([nH]c4ccccc34)CC[C@@H]1[C@@H]2C. The second-order valence-corrected chi connectivity index (χ2v) is 7.18. The van der Waals surface area contributed by atoms with Crippen molar-refractivity contribution in [1.29, 1.82) is 0 Å². The molecule has 1 N–H and O–H groups in total. The maximum atomic E-state index is 3.70. The lowest BCUT2D eigenvalue weighted by Crippen LogP contribution is -2.49. The molecule has 2 nitrogen and oxygen atoms in total. The fourth-order valence-corrected chi connectivity index (χ4v) is 4.84. The molecule has 22 heavy (non-hydrogen) atoms. The molecule has 2 bridgehead atoms. The van der Waals surface area contributed by atoms with Gasteiger partial charge in [0.05, 0.1) is 0 Å². The van der Waals surface area contributed by atoms with E-state index in [1.165, 1.54) is 35.9 Å². The first kappa shape index (κ1) is 14.1. The lowest BCUT2D eigenvalue weighted by atomic mass is 9.71. The van der Waals surface area contributed by atoms with Crippen LogP contribution in [0.2, 0.25) is 0 Å². The molecule has 1 fully saturated rings. The standard InChI is InChI=1S/C20H26N2/c1-4-14-12-22(3)20-11-17-16-7-5-6-8-18(16)21-19(17)10-9-15(14)13(20)2/h4-8,13,15,20-21H,9-12H2,1-3H3/b14-4-/t13-,15+,20+/m0/s1. The van der Waals surface area contributed by atoms with Crippen LogP contribution in [0, 0.1) is 11.8 Å². The fraction of sp³-hybridized carbons (Fsp3) is 0.500. The Balaban J connectivity index is 1.82. The Hall–Kier alpha value is -1.54. The van der Waals surface area contributed by atoms with Crippen molar-refractivity contribution in [1.82, 2.24) is 9.88 Å². The van der Waals surface area contributed by atoms with Gasteiger partial charge in [-0.2, -0.15) is 0 Å². The largest absolute Gasteiger partial charge is 0.358 e. The van der Waals surface area contributed by atoms with E-state index in [9.17, 15) is 0 Å². The summed E-state index contributed by atoms with van der Waals surface area (Å²) in [6.07, 6.45) is 6.02. The number of hydrogen-bond acceptors (Lipinski definition) is 1. The van der Waals surface area contributed by atoms with E-state index < -0.39 is 0 Å². The summed E-state index contributed by atoms with van der Waals surface area (Å²) in [7, 11) is 2.30. The van der Waals surface area contributed by atoms with Crippen LogP contribution >= 0.6 is 0 Å². The lowest BCUT2D eigenvalue weighted by molar-refractivity contribution is 0.113. The quantitative estimate of drug-likeness (QED) is 0.723. The predicted octanol–water partition coefficient (Wildman–Crippen LogP) is 4.17. The Morgan fingerprint density at radius 2 is 2.09 bits per heavy atom. The molecule has 0 saturated carbocycles. The summed E-state index contributed by atoms with van der Waals surface area (Å²) < 4.78 is 0. The Kier molecular flexibility index (Phi) is 3.37. The highest BCUT2D eigenvalue weighted by Crippen LogP contribution is 2.40. The number of aryl methyl sites for hydroxylation is 1. The molecule has 1 aromatic carbocycles. The molecule has 0 spiro atoms. The van der Waals surface area contributed by atoms with E-state index in [1.54, 1.807) is 11.1 Å². The van der Waals surface area contributed by atoms with Crippen molar-refractivity contribution in [3.63, 3.8) is 0 Å². The first-order valence-corrected chi connectivity index (χ1v) is 8.62. The number of aromatic amines is 1. The normalized spacial score (nSPS) is 31.0. The summed E-state index contributed by atoms with van der Waals surface area (Å²) in [5.41, 5.74) is 6.01. The number of aromatic nitrogens is 1. The molecule has 116 valence electrons. The first-order valence-electron chi connectivity index (χ1n) is 8.62. The van der Waals surface area contributed by atoms with Crippen LogP contribution in [0.4, 0.5) is 0 Å². The third kappa shape index (κ3) is 2.04. The van der Waals surface area contributed by atoms with E-state index in [4.69, 9.17) is 0 Å². The highest BCUT2D eigenvalue weighted by molar-refractivity contribution is 5.84. The average Bonchev–Trinajstić information content (AvgIpc) is 2.86. The number of nitrogens with zero attached hydrogens (tertiary/aromatic N) is 1. The van der Waals surface area contributed by atoms with Crippen LogP contribution in [-0.4, -0.2) is 29.5 Å². The number of allylic oxidation sites excluding steroid dienone is 1. The zero-order valence-corrected chi connectivity index (χ0v) is 13.9. The molecular weight excluding hydrogens is 268 g/mol. The van der Waals surface area contributed by atoms with Crippen LogP contribution < -0.4 is 0 Å². The first-order chi connectivity index (χ1) is 10.7. The average molecular weight is 294 g/mol. The van der Waals surface area contributed by atoms with E-state index in [1.807, 2.05) is 0 Å². The van der Waals surface area contributed by atoms with Crippen molar-refractivity contribution >= 4 is 10.9 Å². The number of likely N-dealkylation sites (N-methyl/N-ethyl adjacent to an activating group) is 1. The van der Waals surface area contributed by atoms with Gasteiger partial charge < -0.3 is 4.98 Å². The summed E-state index contributed by atoms with van der Waals surface area (Å²) in [6.45, 7) is 5.82. The summed E-state index contributed by atoms with van der Waals surface area (Å²) in [5, 5.41) is 1.44. The maximum Gasteiger partial charge on any atom is 0.0458 e. The molecule has 2 heteroatoms. The van der Waals surface area contributed by atoms with E-state index in [2.05, 4.69) is 61.1 Å². The van der Waals surface area contributed by atoms with Gasteiger partial charge in [0.2, 0.25) is 0 Å². The number of hydrogen-bond donors (Lipinski definition) is 1. The highest BCUT2D eigenvalue weighted by atomic mass is 15.1. The number of benzene rings is 1. The minimum absolute atomic E-state index is 0.659. The van der Waals surface area contributed by atoms with E-state index >= 15 is 0 Å². The second kappa shape index (κ2) is 5.27. The minimum Gasteiger partial charge on any atom is -0.358 e. The van der Waals surface area contributed by atoms with Gasteiger partial charge >= 0.3 is 0 Å². The number of H-pyrrole nitrogens is 1. The third-order valence-electron chi connectivity index (χ3n) is 6.11. The topological polar surface area (TPSA) is 19.0 Å². The van der Waals surface area contributed by atoms with Crippen molar-refractivity contribution < 1.29 is 0 Å². The van der Waals surface area contributed by atoms with Gasteiger partial charge in [0.15, 0.2) is 0 Å². The van der Waals surface area contributed by atoms with Crippen LogP contribution in [0.3, 0.4) is 0 Å². The Labute approximate surface area is 133 Å². The molecule has 1 aromatic heterocycles. The number of rotatable bonds is 0.